The quantitative estimate of drug-likeness (QED) is 0.479. The molecular formula is C11H12Cl2INO2. The number of alkyl halides is 1. The molecule has 0 fully saturated rings. The van der Waals surface area contributed by atoms with Crippen LogP contribution < -0.4 is 5.32 Å². The molecule has 1 aromatic rings. The summed E-state index contributed by atoms with van der Waals surface area (Å²) >= 11 is 13.8. The van der Waals surface area contributed by atoms with Crippen LogP contribution in [-0.4, -0.2) is 23.5 Å². The summed E-state index contributed by atoms with van der Waals surface area (Å²) in [6.45, 7) is 1.12. The molecule has 0 spiro atoms. The molecule has 3 nitrogen and oxygen atoms in total. The molecule has 0 aliphatic rings. The van der Waals surface area contributed by atoms with Gasteiger partial charge in [-0.25, -0.2) is 0 Å². The van der Waals surface area contributed by atoms with Crippen molar-refractivity contribution in [1.82, 2.24) is 5.32 Å². The molecule has 1 rings (SSSR count). The molecule has 0 saturated heterocycles. The van der Waals surface area contributed by atoms with Gasteiger partial charge in [-0.15, -0.1) is 0 Å². The smallest absolute Gasteiger partial charge is 0.319 e. The van der Waals surface area contributed by atoms with Gasteiger partial charge in [-0.2, -0.15) is 0 Å². The molecule has 0 saturated carbocycles. The van der Waals surface area contributed by atoms with Crippen molar-refractivity contribution >= 4 is 51.8 Å². The fourth-order valence-electron chi connectivity index (χ4n) is 1.21. The highest BCUT2D eigenvalue weighted by Gasteiger charge is 2.14. The van der Waals surface area contributed by atoms with Gasteiger partial charge in [0.2, 0.25) is 0 Å². The van der Waals surface area contributed by atoms with E-state index in [9.17, 15) is 4.79 Å². The van der Waals surface area contributed by atoms with Crippen molar-refractivity contribution in [2.75, 3.05) is 13.7 Å². The fraction of sp³-hybridized carbons (Fsp3) is 0.364. The molecule has 94 valence electrons. The molecule has 1 N–H and O–H groups in total. The Balaban J connectivity index is 2.43. The standard InChI is InChI=1S/C11H12Cl2INO2/c1-17-11(16)10(14)6-15-5-7-2-3-8(12)4-9(7)13/h2-4,10,15H,5-6H2,1H3. The summed E-state index contributed by atoms with van der Waals surface area (Å²) in [6, 6.07) is 5.34. The number of carbonyl (C=O) groups excluding carboxylic acids is 1. The van der Waals surface area contributed by atoms with Gasteiger partial charge in [-0.3, -0.25) is 4.79 Å². The van der Waals surface area contributed by atoms with Crippen LogP contribution in [-0.2, 0) is 16.1 Å². The molecule has 0 aromatic heterocycles. The largest absolute Gasteiger partial charge is 0.468 e. The number of rotatable bonds is 5. The molecule has 0 amide bonds. The van der Waals surface area contributed by atoms with Crippen molar-refractivity contribution in [2.24, 2.45) is 0 Å². The number of ether oxygens (including phenoxy) is 1. The van der Waals surface area contributed by atoms with E-state index in [1.807, 2.05) is 28.7 Å². The van der Waals surface area contributed by atoms with E-state index in [1.54, 1.807) is 12.1 Å². The van der Waals surface area contributed by atoms with Gasteiger partial charge in [0.05, 0.1) is 7.11 Å². The van der Waals surface area contributed by atoms with Crippen LogP contribution in [0.15, 0.2) is 18.2 Å². The van der Waals surface area contributed by atoms with Crippen molar-refractivity contribution in [3.63, 3.8) is 0 Å². The fourth-order valence-corrected chi connectivity index (χ4v) is 2.25. The first-order chi connectivity index (χ1) is 8.04. The Morgan fingerprint density at radius 1 is 1.53 bits per heavy atom. The topological polar surface area (TPSA) is 38.3 Å². The number of benzene rings is 1. The summed E-state index contributed by atoms with van der Waals surface area (Å²) in [7, 11) is 1.38. The molecule has 0 heterocycles. The lowest BCUT2D eigenvalue weighted by Gasteiger charge is -2.10. The van der Waals surface area contributed by atoms with E-state index in [1.165, 1.54) is 7.11 Å². The molecule has 0 radical (unpaired) electrons. The van der Waals surface area contributed by atoms with Gasteiger partial charge in [0, 0.05) is 23.1 Å². The van der Waals surface area contributed by atoms with Crippen LogP contribution in [0.25, 0.3) is 0 Å². The van der Waals surface area contributed by atoms with Gasteiger partial charge in [-0.1, -0.05) is 51.9 Å². The van der Waals surface area contributed by atoms with E-state index in [0.29, 0.717) is 23.1 Å². The van der Waals surface area contributed by atoms with E-state index < -0.39 is 0 Å². The van der Waals surface area contributed by atoms with Gasteiger partial charge >= 0.3 is 5.97 Å². The third kappa shape index (κ3) is 4.99. The third-order valence-electron chi connectivity index (χ3n) is 2.11. The second kappa shape index (κ2) is 7.41. The molecule has 1 unspecified atom stereocenters. The minimum Gasteiger partial charge on any atom is -0.468 e. The van der Waals surface area contributed by atoms with E-state index >= 15 is 0 Å². The molecule has 6 heteroatoms. The van der Waals surface area contributed by atoms with E-state index in [0.717, 1.165) is 5.56 Å². The van der Waals surface area contributed by atoms with Crippen molar-refractivity contribution in [3.05, 3.63) is 33.8 Å². The summed E-state index contributed by atoms with van der Waals surface area (Å²) in [5.74, 6) is -0.236. The first-order valence-electron chi connectivity index (χ1n) is 4.91. The minimum absolute atomic E-state index is 0.205. The Labute approximate surface area is 124 Å². The Bertz CT molecular complexity index is 401. The molecule has 0 bridgehead atoms. The van der Waals surface area contributed by atoms with Crippen LogP contribution in [0.1, 0.15) is 5.56 Å². The number of nitrogens with one attached hydrogen (secondary N) is 1. The average Bonchev–Trinajstić information content (AvgIpc) is 2.30. The Hall–Kier alpha value is -0.0400. The first-order valence-corrected chi connectivity index (χ1v) is 6.91. The van der Waals surface area contributed by atoms with E-state index in [-0.39, 0.29) is 9.89 Å². The maximum absolute atomic E-state index is 11.2. The number of hydrogen-bond acceptors (Lipinski definition) is 3. The van der Waals surface area contributed by atoms with Crippen LogP contribution in [0.3, 0.4) is 0 Å². The summed E-state index contributed by atoms with van der Waals surface area (Å²) in [4.78, 5) is 11.2. The lowest BCUT2D eigenvalue weighted by atomic mass is 10.2. The van der Waals surface area contributed by atoms with Crippen molar-refractivity contribution in [1.29, 1.82) is 0 Å². The lowest BCUT2D eigenvalue weighted by molar-refractivity contribution is -0.139. The first kappa shape index (κ1) is 15.0. The summed E-state index contributed by atoms with van der Waals surface area (Å²) in [5, 5.41) is 4.37. The van der Waals surface area contributed by atoms with Crippen LogP contribution in [0.4, 0.5) is 0 Å². The molecule has 17 heavy (non-hydrogen) atoms. The van der Waals surface area contributed by atoms with Crippen LogP contribution in [0.2, 0.25) is 10.0 Å². The zero-order valence-corrected chi connectivity index (χ0v) is 12.8. The molecule has 1 aromatic carbocycles. The summed E-state index contributed by atoms with van der Waals surface area (Å²) < 4.78 is 4.42. The Kier molecular flexibility index (Phi) is 6.54. The SMILES string of the molecule is COC(=O)C(I)CNCc1ccc(Cl)cc1Cl. The lowest BCUT2D eigenvalue weighted by Crippen LogP contribution is -2.29. The number of carbonyl (C=O) groups is 1. The third-order valence-corrected chi connectivity index (χ3v) is 3.65. The number of esters is 1. The predicted molar refractivity (Wildman–Crippen MR) is 78.0 cm³/mol. The maximum Gasteiger partial charge on any atom is 0.319 e. The maximum atomic E-state index is 11.2. The van der Waals surface area contributed by atoms with Gasteiger partial charge in [0.15, 0.2) is 0 Å². The zero-order valence-electron chi connectivity index (χ0n) is 9.17. The van der Waals surface area contributed by atoms with Gasteiger partial charge in [0.1, 0.15) is 3.92 Å². The normalized spacial score (nSPS) is 12.2. The highest BCUT2D eigenvalue weighted by atomic mass is 127. The van der Waals surface area contributed by atoms with Crippen molar-refractivity contribution < 1.29 is 9.53 Å². The second-order valence-electron chi connectivity index (χ2n) is 3.36. The average molecular weight is 388 g/mol. The highest BCUT2D eigenvalue weighted by Crippen LogP contribution is 2.20. The molecule has 0 aliphatic carbocycles. The molecular weight excluding hydrogens is 376 g/mol. The number of methoxy groups -OCH3 is 1. The second-order valence-corrected chi connectivity index (χ2v) is 5.70. The molecule has 0 aliphatic heterocycles. The molecule has 1 atom stereocenters. The van der Waals surface area contributed by atoms with Gasteiger partial charge < -0.3 is 10.1 Å². The highest BCUT2D eigenvalue weighted by molar-refractivity contribution is 14.1. The summed E-state index contributed by atoms with van der Waals surface area (Å²) in [6.07, 6.45) is 0. The number of halogens is 3. The van der Waals surface area contributed by atoms with Crippen molar-refractivity contribution in [3.8, 4) is 0 Å². The van der Waals surface area contributed by atoms with Crippen molar-refractivity contribution in [2.45, 2.75) is 10.5 Å². The van der Waals surface area contributed by atoms with Crippen LogP contribution in [0, 0.1) is 0 Å². The minimum atomic E-state index is -0.236. The Morgan fingerprint density at radius 2 is 2.24 bits per heavy atom. The Morgan fingerprint density at radius 3 is 2.82 bits per heavy atom. The monoisotopic (exact) mass is 387 g/mol. The summed E-state index contributed by atoms with van der Waals surface area (Å²) in [5.41, 5.74) is 0.949. The van der Waals surface area contributed by atoms with Crippen LogP contribution in [0.5, 0.6) is 0 Å². The van der Waals surface area contributed by atoms with Gasteiger partial charge in [0.25, 0.3) is 0 Å². The zero-order chi connectivity index (χ0) is 12.8. The number of hydrogen-bond donors (Lipinski definition) is 1. The van der Waals surface area contributed by atoms with Crippen LogP contribution >= 0.6 is 45.8 Å². The van der Waals surface area contributed by atoms with Gasteiger partial charge in [-0.05, 0) is 17.7 Å². The van der Waals surface area contributed by atoms with E-state index in [4.69, 9.17) is 23.2 Å². The van der Waals surface area contributed by atoms with E-state index in [2.05, 4.69) is 10.1 Å². The predicted octanol–water partition coefficient (Wildman–Crippen LogP) is 3.06.